The van der Waals surface area contributed by atoms with Gasteiger partial charge in [0.2, 0.25) is 0 Å². The monoisotopic (exact) mass is 488 g/mol. The van der Waals surface area contributed by atoms with E-state index in [4.69, 9.17) is 0 Å². The van der Waals surface area contributed by atoms with Gasteiger partial charge < -0.3 is 4.90 Å². The van der Waals surface area contributed by atoms with Crippen molar-refractivity contribution in [1.82, 2.24) is 9.88 Å². The molecular weight excluding hydrogens is 463 g/mol. The Labute approximate surface area is 204 Å². The largest absolute Gasteiger partial charge is 0.334 e. The Bertz CT molecular complexity index is 1580. The first kappa shape index (κ1) is 23.2. The molecule has 3 aromatic carbocycles. The van der Waals surface area contributed by atoms with E-state index in [-0.39, 0.29) is 21.9 Å². The zero-order valence-corrected chi connectivity index (χ0v) is 20.4. The highest BCUT2D eigenvalue weighted by Gasteiger charge is 2.25. The Morgan fingerprint density at radius 3 is 2.60 bits per heavy atom. The molecule has 5 nitrogen and oxygen atoms in total. The van der Waals surface area contributed by atoms with E-state index >= 15 is 0 Å². The van der Waals surface area contributed by atoms with Gasteiger partial charge in [0.25, 0.3) is 5.91 Å². The van der Waals surface area contributed by atoms with Gasteiger partial charge in [0.05, 0.1) is 5.52 Å². The number of fused-ring (bicyclic) bond motifs is 2. The average molecular weight is 489 g/mol. The zero-order valence-electron chi connectivity index (χ0n) is 19.6. The molecule has 35 heavy (non-hydrogen) atoms. The Morgan fingerprint density at radius 2 is 1.80 bits per heavy atom. The third kappa shape index (κ3) is 4.44. The van der Waals surface area contributed by atoms with Crippen LogP contribution >= 0.6 is 0 Å². The quantitative estimate of drug-likeness (QED) is 0.390. The first-order chi connectivity index (χ1) is 16.7. The number of aromatic nitrogens is 1. The van der Waals surface area contributed by atoms with E-state index in [1.165, 1.54) is 24.6 Å². The average Bonchev–Trinajstić information content (AvgIpc) is 3.06. The van der Waals surface area contributed by atoms with E-state index in [2.05, 4.69) is 29.2 Å². The molecule has 1 aliphatic heterocycles. The molecule has 1 aliphatic rings. The van der Waals surface area contributed by atoms with Crippen molar-refractivity contribution >= 4 is 26.6 Å². The fourth-order valence-electron chi connectivity index (χ4n) is 4.69. The highest BCUT2D eigenvalue weighted by molar-refractivity contribution is 7.90. The highest BCUT2D eigenvalue weighted by atomic mass is 32.2. The number of rotatable bonds is 3. The summed E-state index contributed by atoms with van der Waals surface area (Å²) in [6, 6.07) is 19.0. The number of carbonyl (C=O) groups is 1. The summed E-state index contributed by atoms with van der Waals surface area (Å²) in [6.07, 6.45) is 4.45. The summed E-state index contributed by atoms with van der Waals surface area (Å²) in [5.74, 6) is -1.16. The van der Waals surface area contributed by atoms with Crippen LogP contribution in [0.5, 0.6) is 0 Å². The predicted octanol–water partition coefficient (Wildman–Crippen LogP) is 5.34. The Kier molecular flexibility index (Phi) is 5.89. The summed E-state index contributed by atoms with van der Waals surface area (Å²) in [5.41, 5.74) is 5.44. The number of aryl methyl sites for hydroxylation is 1. The van der Waals surface area contributed by atoms with E-state index in [1.807, 2.05) is 30.5 Å². The standard InChI is InChI=1S/C28H25FN2O3S/c1-18-24(11-12-26(27(18)29)35(2,33)34)28(32)31-13-5-7-19-9-10-20(14-23(19)17-31)22-15-21-6-3-4-8-25(21)30-16-22/h3-4,6,8-12,14-16H,5,7,13,17H2,1-2H3. The number of nitrogens with zero attached hydrogens (tertiary/aromatic N) is 2. The SMILES string of the molecule is Cc1c(C(=O)N2CCCc3ccc(-c4cnc5ccccc5c4)cc3C2)ccc(S(C)(=O)=O)c1F. The molecule has 1 aromatic heterocycles. The molecule has 0 aliphatic carbocycles. The molecule has 0 bridgehead atoms. The second-order valence-corrected chi connectivity index (χ2v) is 11.0. The fourth-order valence-corrected chi connectivity index (χ4v) is 5.49. The van der Waals surface area contributed by atoms with Crippen LogP contribution < -0.4 is 0 Å². The maximum atomic E-state index is 14.8. The van der Waals surface area contributed by atoms with Crippen molar-refractivity contribution in [3.63, 3.8) is 0 Å². The molecule has 2 heterocycles. The number of amides is 1. The lowest BCUT2D eigenvalue weighted by molar-refractivity contribution is 0.0744. The molecule has 0 saturated carbocycles. The summed E-state index contributed by atoms with van der Waals surface area (Å²) >= 11 is 0. The van der Waals surface area contributed by atoms with Crippen molar-refractivity contribution in [2.24, 2.45) is 0 Å². The number of sulfone groups is 1. The molecule has 0 fully saturated rings. The molecule has 5 rings (SSSR count). The van der Waals surface area contributed by atoms with Gasteiger partial charge in [-0.1, -0.05) is 30.3 Å². The number of hydrogen-bond donors (Lipinski definition) is 0. The first-order valence-corrected chi connectivity index (χ1v) is 13.4. The van der Waals surface area contributed by atoms with E-state index in [0.29, 0.717) is 13.1 Å². The molecular formula is C28H25FN2O3S. The van der Waals surface area contributed by atoms with Crippen molar-refractivity contribution in [1.29, 1.82) is 0 Å². The van der Waals surface area contributed by atoms with Crippen LogP contribution in [0, 0.1) is 12.7 Å². The number of carbonyl (C=O) groups excluding carboxylic acids is 1. The van der Waals surface area contributed by atoms with Gasteiger partial charge in [0, 0.05) is 42.1 Å². The highest BCUT2D eigenvalue weighted by Crippen LogP contribution is 2.29. The van der Waals surface area contributed by atoms with Crippen molar-refractivity contribution < 1.29 is 17.6 Å². The lowest BCUT2D eigenvalue weighted by Crippen LogP contribution is -2.31. The molecule has 0 saturated heterocycles. The molecule has 7 heteroatoms. The first-order valence-electron chi connectivity index (χ1n) is 11.5. The zero-order chi connectivity index (χ0) is 24.7. The Balaban J connectivity index is 1.47. The van der Waals surface area contributed by atoms with Gasteiger partial charge in [-0.05, 0) is 72.4 Å². The summed E-state index contributed by atoms with van der Waals surface area (Å²) in [7, 11) is -3.72. The van der Waals surface area contributed by atoms with Crippen LogP contribution in [0.25, 0.3) is 22.0 Å². The van der Waals surface area contributed by atoms with Crippen LogP contribution in [0.4, 0.5) is 4.39 Å². The van der Waals surface area contributed by atoms with Crippen LogP contribution in [-0.4, -0.2) is 37.0 Å². The summed E-state index contributed by atoms with van der Waals surface area (Å²) in [5, 5.41) is 1.06. The lowest BCUT2D eigenvalue weighted by atomic mass is 9.97. The van der Waals surface area contributed by atoms with Gasteiger partial charge in [-0.2, -0.15) is 0 Å². The van der Waals surface area contributed by atoms with Crippen molar-refractivity contribution in [2.75, 3.05) is 12.8 Å². The fraction of sp³-hybridized carbons (Fsp3) is 0.214. The van der Waals surface area contributed by atoms with E-state index < -0.39 is 15.7 Å². The van der Waals surface area contributed by atoms with Crippen LogP contribution in [0.2, 0.25) is 0 Å². The molecule has 178 valence electrons. The lowest BCUT2D eigenvalue weighted by Gasteiger charge is -2.22. The van der Waals surface area contributed by atoms with E-state index in [0.717, 1.165) is 46.7 Å². The van der Waals surface area contributed by atoms with Crippen LogP contribution in [-0.2, 0) is 22.8 Å². The number of halogens is 1. The minimum atomic E-state index is -3.72. The van der Waals surface area contributed by atoms with Crippen LogP contribution in [0.15, 0.2) is 71.8 Å². The second kappa shape index (κ2) is 8.89. The van der Waals surface area contributed by atoms with Gasteiger partial charge in [0.1, 0.15) is 10.7 Å². The normalized spacial score (nSPS) is 14.0. The molecule has 0 atom stereocenters. The van der Waals surface area contributed by atoms with E-state index in [9.17, 15) is 17.6 Å². The maximum Gasteiger partial charge on any atom is 0.254 e. The van der Waals surface area contributed by atoms with Crippen molar-refractivity contribution in [2.45, 2.75) is 31.2 Å². The molecule has 0 radical (unpaired) electrons. The van der Waals surface area contributed by atoms with Gasteiger partial charge in [0.15, 0.2) is 9.84 Å². The molecule has 4 aromatic rings. The summed E-state index contributed by atoms with van der Waals surface area (Å²) in [6.45, 7) is 2.39. The molecule has 1 amide bonds. The third-order valence-corrected chi connectivity index (χ3v) is 7.75. The van der Waals surface area contributed by atoms with Gasteiger partial charge in [-0.25, -0.2) is 12.8 Å². The topological polar surface area (TPSA) is 67.3 Å². The Morgan fingerprint density at radius 1 is 1.00 bits per heavy atom. The number of benzene rings is 3. The van der Waals surface area contributed by atoms with Gasteiger partial charge in [-0.15, -0.1) is 0 Å². The minimum Gasteiger partial charge on any atom is -0.334 e. The number of hydrogen-bond acceptors (Lipinski definition) is 4. The van der Waals surface area contributed by atoms with Crippen molar-refractivity contribution in [3.8, 4) is 11.1 Å². The number of para-hydroxylation sites is 1. The Hall–Kier alpha value is -3.58. The maximum absolute atomic E-state index is 14.8. The third-order valence-electron chi connectivity index (χ3n) is 6.63. The minimum absolute atomic E-state index is 0.0541. The van der Waals surface area contributed by atoms with Gasteiger partial charge in [-0.3, -0.25) is 9.78 Å². The van der Waals surface area contributed by atoms with Crippen LogP contribution in [0.1, 0.15) is 33.5 Å². The van der Waals surface area contributed by atoms with Crippen LogP contribution in [0.3, 0.4) is 0 Å². The second-order valence-electron chi connectivity index (χ2n) is 9.05. The number of pyridine rings is 1. The van der Waals surface area contributed by atoms with E-state index in [1.54, 1.807) is 4.90 Å². The van der Waals surface area contributed by atoms with Gasteiger partial charge >= 0.3 is 0 Å². The smallest absolute Gasteiger partial charge is 0.254 e. The molecule has 0 spiro atoms. The predicted molar refractivity (Wildman–Crippen MR) is 134 cm³/mol. The summed E-state index contributed by atoms with van der Waals surface area (Å²) < 4.78 is 38.5. The summed E-state index contributed by atoms with van der Waals surface area (Å²) in [4.78, 5) is 19.3. The molecule has 0 N–H and O–H groups in total. The van der Waals surface area contributed by atoms with Crippen molar-refractivity contribution in [3.05, 3.63) is 94.9 Å². The molecule has 0 unspecified atom stereocenters.